The van der Waals surface area contributed by atoms with Crippen molar-refractivity contribution < 1.29 is 9.59 Å². The zero-order valence-electron chi connectivity index (χ0n) is 11.5. The van der Waals surface area contributed by atoms with Crippen LogP contribution in [0.2, 0.25) is 0 Å². The normalized spacial score (nSPS) is 14.5. The lowest BCUT2D eigenvalue weighted by Crippen LogP contribution is -2.42. The SMILES string of the molecule is CNc1ccc2c(c1)CC(=O)N2C(=O)CC(C)(C)N. The van der Waals surface area contributed by atoms with Crippen molar-refractivity contribution in [1.29, 1.82) is 0 Å². The molecule has 19 heavy (non-hydrogen) atoms. The van der Waals surface area contributed by atoms with Gasteiger partial charge in [0.15, 0.2) is 0 Å². The molecule has 0 saturated carbocycles. The van der Waals surface area contributed by atoms with Gasteiger partial charge in [0, 0.05) is 24.7 Å². The Balaban J connectivity index is 2.30. The largest absolute Gasteiger partial charge is 0.388 e. The summed E-state index contributed by atoms with van der Waals surface area (Å²) in [6, 6.07) is 5.55. The summed E-state index contributed by atoms with van der Waals surface area (Å²) in [5.74, 6) is -0.425. The van der Waals surface area contributed by atoms with E-state index in [0.29, 0.717) is 5.69 Å². The molecule has 0 spiro atoms. The summed E-state index contributed by atoms with van der Waals surface area (Å²) in [5, 5.41) is 3.02. The van der Waals surface area contributed by atoms with Gasteiger partial charge < -0.3 is 11.1 Å². The second kappa shape index (κ2) is 4.66. The Kier molecular flexibility index (Phi) is 3.32. The molecule has 2 amide bonds. The van der Waals surface area contributed by atoms with Crippen LogP contribution in [0.25, 0.3) is 0 Å². The Morgan fingerprint density at radius 3 is 2.74 bits per heavy atom. The van der Waals surface area contributed by atoms with Crippen molar-refractivity contribution in [1.82, 2.24) is 0 Å². The molecule has 0 atom stereocenters. The fourth-order valence-electron chi connectivity index (χ4n) is 2.22. The molecule has 102 valence electrons. The average Bonchev–Trinajstić information content (AvgIpc) is 2.61. The number of imide groups is 1. The zero-order valence-corrected chi connectivity index (χ0v) is 11.5. The Labute approximate surface area is 112 Å². The molecule has 0 saturated heterocycles. The first-order chi connectivity index (χ1) is 8.81. The maximum absolute atomic E-state index is 12.2. The van der Waals surface area contributed by atoms with Crippen molar-refractivity contribution in [3.05, 3.63) is 23.8 Å². The Morgan fingerprint density at radius 1 is 1.47 bits per heavy atom. The minimum absolute atomic E-state index is 0.145. The predicted octanol–water partition coefficient (Wildman–Crippen LogP) is 1.27. The number of hydrogen-bond donors (Lipinski definition) is 2. The first kappa shape index (κ1) is 13.5. The van der Waals surface area contributed by atoms with Crippen LogP contribution < -0.4 is 16.0 Å². The molecular formula is C14H19N3O2. The summed E-state index contributed by atoms with van der Waals surface area (Å²) in [5.41, 5.74) is 7.71. The number of hydrogen-bond acceptors (Lipinski definition) is 4. The highest BCUT2D eigenvalue weighted by molar-refractivity contribution is 6.19. The second-order valence-electron chi connectivity index (χ2n) is 5.56. The van der Waals surface area contributed by atoms with Gasteiger partial charge in [-0.2, -0.15) is 0 Å². The van der Waals surface area contributed by atoms with E-state index in [4.69, 9.17) is 5.73 Å². The van der Waals surface area contributed by atoms with E-state index in [1.807, 2.05) is 19.2 Å². The van der Waals surface area contributed by atoms with Gasteiger partial charge in [0.2, 0.25) is 11.8 Å². The van der Waals surface area contributed by atoms with E-state index in [1.165, 1.54) is 4.90 Å². The number of benzene rings is 1. The van der Waals surface area contributed by atoms with Crippen molar-refractivity contribution in [2.24, 2.45) is 5.73 Å². The minimum atomic E-state index is -0.620. The van der Waals surface area contributed by atoms with Crippen molar-refractivity contribution in [3.8, 4) is 0 Å². The van der Waals surface area contributed by atoms with E-state index in [0.717, 1.165) is 11.3 Å². The molecule has 0 aliphatic carbocycles. The molecule has 1 aromatic carbocycles. The highest BCUT2D eigenvalue weighted by atomic mass is 16.2. The van der Waals surface area contributed by atoms with Crippen LogP contribution in [-0.2, 0) is 16.0 Å². The van der Waals surface area contributed by atoms with Gasteiger partial charge in [-0.05, 0) is 37.6 Å². The first-order valence-electron chi connectivity index (χ1n) is 6.27. The van der Waals surface area contributed by atoms with Crippen LogP contribution in [0.3, 0.4) is 0 Å². The third-order valence-electron chi connectivity index (χ3n) is 3.06. The molecule has 3 N–H and O–H groups in total. The van der Waals surface area contributed by atoms with Crippen molar-refractivity contribution >= 4 is 23.2 Å². The van der Waals surface area contributed by atoms with Gasteiger partial charge in [-0.1, -0.05) is 0 Å². The molecule has 1 heterocycles. The molecule has 0 radical (unpaired) electrons. The fraction of sp³-hybridized carbons (Fsp3) is 0.429. The van der Waals surface area contributed by atoms with Crippen LogP contribution in [0.1, 0.15) is 25.8 Å². The van der Waals surface area contributed by atoms with E-state index in [2.05, 4.69) is 5.32 Å². The molecule has 0 bridgehead atoms. The number of rotatable bonds is 3. The number of nitrogens with two attached hydrogens (primary N) is 1. The third kappa shape index (κ3) is 2.76. The molecule has 1 aliphatic rings. The average molecular weight is 261 g/mol. The van der Waals surface area contributed by atoms with Crippen LogP contribution >= 0.6 is 0 Å². The molecule has 5 nitrogen and oxygen atoms in total. The number of carbonyl (C=O) groups excluding carboxylic acids is 2. The highest BCUT2D eigenvalue weighted by Gasteiger charge is 2.34. The monoisotopic (exact) mass is 261 g/mol. The summed E-state index contributed by atoms with van der Waals surface area (Å²) < 4.78 is 0. The van der Waals surface area contributed by atoms with Gasteiger partial charge in [-0.25, -0.2) is 4.90 Å². The first-order valence-corrected chi connectivity index (χ1v) is 6.27. The number of nitrogens with zero attached hydrogens (tertiary/aromatic N) is 1. The predicted molar refractivity (Wildman–Crippen MR) is 75.1 cm³/mol. The molecule has 0 aromatic heterocycles. The van der Waals surface area contributed by atoms with Crippen molar-refractivity contribution in [2.75, 3.05) is 17.3 Å². The van der Waals surface area contributed by atoms with Gasteiger partial charge in [-0.15, -0.1) is 0 Å². The van der Waals surface area contributed by atoms with E-state index in [-0.39, 0.29) is 24.7 Å². The summed E-state index contributed by atoms with van der Waals surface area (Å²) >= 11 is 0. The molecular weight excluding hydrogens is 242 g/mol. The minimum Gasteiger partial charge on any atom is -0.388 e. The Bertz CT molecular complexity index is 532. The van der Waals surface area contributed by atoms with Gasteiger partial charge in [0.1, 0.15) is 0 Å². The number of fused-ring (bicyclic) bond motifs is 1. The van der Waals surface area contributed by atoms with Gasteiger partial charge in [-0.3, -0.25) is 9.59 Å². The lowest BCUT2D eigenvalue weighted by Gasteiger charge is -2.22. The van der Waals surface area contributed by atoms with Crippen LogP contribution in [0.4, 0.5) is 11.4 Å². The number of carbonyl (C=O) groups is 2. The number of anilines is 2. The zero-order chi connectivity index (χ0) is 14.2. The fourth-order valence-corrected chi connectivity index (χ4v) is 2.22. The summed E-state index contributed by atoms with van der Waals surface area (Å²) in [4.78, 5) is 25.5. The maximum atomic E-state index is 12.2. The van der Waals surface area contributed by atoms with Crippen LogP contribution in [0, 0.1) is 0 Å². The standard InChI is InChI=1S/C14H19N3O2/c1-14(2,15)8-13(19)17-11-5-4-10(16-3)6-9(11)7-12(17)18/h4-6,16H,7-8,15H2,1-3H3. The van der Waals surface area contributed by atoms with Gasteiger partial charge in [0.05, 0.1) is 12.1 Å². The molecule has 1 aromatic rings. The Morgan fingerprint density at radius 2 is 2.16 bits per heavy atom. The maximum Gasteiger partial charge on any atom is 0.238 e. The van der Waals surface area contributed by atoms with Gasteiger partial charge >= 0.3 is 0 Å². The smallest absolute Gasteiger partial charge is 0.238 e. The van der Waals surface area contributed by atoms with Crippen molar-refractivity contribution in [3.63, 3.8) is 0 Å². The number of nitrogens with one attached hydrogen (secondary N) is 1. The summed E-state index contributed by atoms with van der Waals surface area (Å²) in [6.07, 6.45) is 0.410. The van der Waals surface area contributed by atoms with E-state index in [1.54, 1.807) is 19.9 Å². The van der Waals surface area contributed by atoms with Crippen LogP contribution in [0.5, 0.6) is 0 Å². The van der Waals surface area contributed by atoms with E-state index >= 15 is 0 Å². The molecule has 0 unspecified atom stereocenters. The van der Waals surface area contributed by atoms with Crippen LogP contribution in [-0.4, -0.2) is 24.4 Å². The summed E-state index contributed by atoms with van der Waals surface area (Å²) in [7, 11) is 1.82. The highest BCUT2D eigenvalue weighted by Crippen LogP contribution is 2.32. The molecule has 1 aliphatic heterocycles. The topological polar surface area (TPSA) is 75.4 Å². The quantitative estimate of drug-likeness (QED) is 0.859. The van der Waals surface area contributed by atoms with E-state index < -0.39 is 5.54 Å². The molecule has 0 fully saturated rings. The van der Waals surface area contributed by atoms with Crippen LogP contribution in [0.15, 0.2) is 18.2 Å². The lowest BCUT2D eigenvalue weighted by molar-refractivity contribution is -0.126. The second-order valence-corrected chi connectivity index (χ2v) is 5.56. The number of amides is 2. The third-order valence-corrected chi connectivity index (χ3v) is 3.06. The molecule has 2 rings (SSSR count). The van der Waals surface area contributed by atoms with Gasteiger partial charge in [0.25, 0.3) is 0 Å². The van der Waals surface area contributed by atoms with E-state index in [9.17, 15) is 9.59 Å². The Hall–Kier alpha value is -1.88. The lowest BCUT2D eigenvalue weighted by atomic mass is 10.0. The summed E-state index contributed by atoms with van der Waals surface area (Å²) in [6.45, 7) is 3.55. The van der Waals surface area contributed by atoms with Crippen molar-refractivity contribution in [2.45, 2.75) is 32.2 Å². The molecule has 5 heteroatoms.